The lowest BCUT2D eigenvalue weighted by atomic mass is 10.1. The first-order valence-electron chi connectivity index (χ1n) is 7.42. The minimum atomic E-state index is -3.61. The monoisotopic (exact) mass is 361 g/mol. The predicted molar refractivity (Wildman–Crippen MR) is 89.0 cm³/mol. The molecule has 1 unspecified atom stereocenters. The number of nitrogens with one attached hydrogen (secondary N) is 1. The zero-order chi connectivity index (χ0) is 16.9. The molecule has 0 saturated carbocycles. The second-order valence-electron chi connectivity index (χ2n) is 5.80. The number of rotatable bonds is 6. The van der Waals surface area contributed by atoms with Gasteiger partial charge in [0.2, 0.25) is 5.91 Å². The van der Waals surface area contributed by atoms with Crippen molar-refractivity contribution in [3.8, 4) is 0 Å². The smallest absolute Gasteiger partial charge is 0.250 e. The van der Waals surface area contributed by atoms with E-state index in [0.29, 0.717) is 26.3 Å². The van der Waals surface area contributed by atoms with Gasteiger partial charge in [0.1, 0.15) is 4.21 Å². The van der Waals surface area contributed by atoms with Crippen molar-refractivity contribution in [1.29, 1.82) is 0 Å². The summed E-state index contributed by atoms with van der Waals surface area (Å²) in [6.07, 6.45) is 0. The first-order valence-corrected chi connectivity index (χ1v) is 9.78. The molecule has 23 heavy (non-hydrogen) atoms. The van der Waals surface area contributed by atoms with E-state index in [4.69, 9.17) is 4.74 Å². The second kappa shape index (κ2) is 8.20. The van der Waals surface area contributed by atoms with Crippen LogP contribution in [-0.4, -0.2) is 77.6 Å². The summed E-state index contributed by atoms with van der Waals surface area (Å²) in [5, 5.41) is 1.69. The minimum absolute atomic E-state index is 0.218. The van der Waals surface area contributed by atoms with Crippen molar-refractivity contribution in [2.24, 2.45) is 5.92 Å². The lowest BCUT2D eigenvalue weighted by molar-refractivity contribution is -0.130. The summed E-state index contributed by atoms with van der Waals surface area (Å²) in [6, 6.07) is 3.18. The second-order valence-corrected chi connectivity index (χ2v) is 8.74. The Labute approximate surface area is 141 Å². The summed E-state index contributed by atoms with van der Waals surface area (Å²) >= 11 is 1.13. The maximum atomic E-state index is 12.3. The van der Waals surface area contributed by atoms with Gasteiger partial charge in [-0.05, 0) is 25.5 Å². The molecule has 0 bridgehead atoms. The number of ether oxygens (including phenoxy) is 1. The summed E-state index contributed by atoms with van der Waals surface area (Å²) in [7, 11) is 0.346. The van der Waals surface area contributed by atoms with Gasteiger partial charge in [-0.1, -0.05) is 6.07 Å². The highest BCUT2D eigenvalue weighted by atomic mass is 32.2. The molecule has 1 N–H and O–H groups in total. The Kier molecular flexibility index (Phi) is 6.54. The van der Waals surface area contributed by atoms with Crippen molar-refractivity contribution in [2.75, 3.05) is 53.5 Å². The van der Waals surface area contributed by atoms with E-state index in [0.717, 1.165) is 17.9 Å². The Balaban J connectivity index is 1.91. The predicted octanol–water partition coefficient (Wildman–Crippen LogP) is 0.0630. The van der Waals surface area contributed by atoms with Crippen molar-refractivity contribution < 1.29 is 17.9 Å². The van der Waals surface area contributed by atoms with Crippen LogP contribution in [0.25, 0.3) is 0 Å². The average molecular weight is 361 g/mol. The van der Waals surface area contributed by atoms with Gasteiger partial charge in [0, 0.05) is 25.6 Å². The van der Waals surface area contributed by atoms with Gasteiger partial charge in [-0.2, -0.15) is 0 Å². The van der Waals surface area contributed by atoms with E-state index in [1.807, 2.05) is 14.1 Å². The fourth-order valence-corrected chi connectivity index (χ4v) is 4.50. The Hall–Kier alpha value is -1.00. The highest BCUT2D eigenvalue weighted by Gasteiger charge is 2.24. The zero-order valence-corrected chi connectivity index (χ0v) is 15.0. The van der Waals surface area contributed by atoms with Crippen LogP contribution in [0.1, 0.15) is 0 Å². The summed E-state index contributed by atoms with van der Waals surface area (Å²) in [5.41, 5.74) is 0. The Morgan fingerprint density at radius 1 is 1.52 bits per heavy atom. The van der Waals surface area contributed by atoms with Gasteiger partial charge >= 0.3 is 0 Å². The molecule has 1 aliphatic rings. The van der Waals surface area contributed by atoms with E-state index in [1.165, 1.54) is 6.07 Å². The topological polar surface area (TPSA) is 79.0 Å². The molecule has 0 spiro atoms. The number of thiophene rings is 1. The van der Waals surface area contributed by atoms with Gasteiger partial charge in [0.15, 0.2) is 0 Å². The van der Waals surface area contributed by atoms with E-state index < -0.39 is 10.0 Å². The largest absolute Gasteiger partial charge is 0.379 e. The molecule has 1 atom stereocenters. The maximum absolute atomic E-state index is 12.3. The van der Waals surface area contributed by atoms with Crippen LogP contribution >= 0.6 is 11.3 Å². The fraction of sp³-hybridized carbons (Fsp3) is 0.643. The number of nitrogens with zero attached hydrogens (tertiary/aromatic N) is 2. The molecule has 2 rings (SSSR count). The molecule has 2 heterocycles. The van der Waals surface area contributed by atoms with Crippen molar-refractivity contribution in [3.05, 3.63) is 17.5 Å². The highest BCUT2D eigenvalue weighted by Crippen LogP contribution is 2.15. The lowest BCUT2D eigenvalue weighted by Gasteiger charge is -2.25. The van der Waals surface area contributed by atoms with Gasteiger partial charge in [0.05, 0.1) is 19.8 Å². The summed E-state index contributed by atoms with van der Waals surface area (Å²) in [4.78, 5) is 16.1. The van der Waals surface area contributed by atoms with E-state index in [9.17, 15) is 13.2 Å². The van der Waals surface area contributed by atoms with Crippen LogP contribution in [0, 0.1) is 5.92 Å². The Morgan fingerprint density at radius 3 is 2.96 bits per heavy atom. The number of amides is 1. The third-order valence-electron chi connectivity index (χ3n) is 3.49. The maximum Gasteiger partial charge on any atom is 0.250 e. The molecular weight excluding hydrogens is 338 g/mol. The zero-order valence-electron chi connectivity index (χ0n) is 13.4. The van der Waals surface area contributed by atoms with E-state index >= 15 is 0 Å². The van der Waals surface area contributed by atoms with Crippen LogP contribution in [-0.2, 0) is 19.6 Å². The van der Waals surface area contributed by atoms with Crippen LogP contribution in [0.15, 0.2) is 21.7 Å². The molecule has 130 valence electrons. The van der Waals surface area contributed by atoms with Gasteiger partial charge in [-0.3, -0.25) is 4.79 Å². The molecule has 0 radical (unpaired) electrons. The number of carbonyl (C=O) groups excluding carboxylic acids is 1. The molecular formula is C14H23N3O4S2. The molecule has 1 aromatic heterocycles. The van der Waals surface area contributed by atoms with Gasteiger partial charge in [-0.15, -0.1) is 11.3 Å². The normalized spacial score (nSPS) is 19.8. The SMILES string of the molecule is CN(C)CC1COCCN(C(=O)CNS(=O)(=O)c2cccs2)C1. The molecule has 0 aliphatic carbocycles. The van der Waals surface area contributed by atoms with Crippen LogP contribution in [0.4, 0.5) is 0 Å². The van der Waals surface area contributed by atoms with E-state index in [2.05, 4.69) is 9.62 Å². The van der Waals surface area contributed by atoms with E-state index in [1.54, 1.807) is 16.3 Å². The molecule has 7 nitrogen and oxygen atoms in total. The van der Waals surface area contributed by atoms with Gasteiger partial charge in [0.25, 0.3) is 10.0 Å². The summed E-state index contributed by atoms with van der Waals surface area (Å²) in [6.45, 7) is 2.76. The summed E-state index contributed by atoms with van der Waals surface area (Å²) < 4.78 is 32.2. The van der Waals surface area contributed by atoms with Crippen LogP contribution in [0.5, 0.6) is 0 Å². The lowest BCUT2D eigenvalue weighted by Crippen LogP contribution is -2.43. The van der Waals surface area contributed by atoms with Crippen LogP contribution in [0.3, 0.4) is 0 Å². The Morgan fingerprint density at radius 2 is 2.30 bits per heavy atom. The van der Waals surface area contributed by atoms with Crippen molar-refractivity contribution in [2.45, 2.75) is 4.21 Å². The number of carbonyl (C=O) groups is 1. The van der Waals surface area contributed by atoms with Crippen LogP contribution in [0.2, 0.25) is 0 Å². The van der Waals surface area contributed by atoms with Crippen molar-refractivity contribution in [1.82, 2.24) is 14.5 Å². The first kappa shape index (κ1) is 18.3. The van der Waals surface area contributed by atoms with Crippen molar-refractivity contribution >= 4 is 27.3 Å². The molecule has 9 heteroatoms. The van der Waals surface area contributed by atoms with Gasteiger partial charge in [-0.25, -0.2) is 13.1 Å². The number of hydrogen-bond acceptors (Lipinski definition) is 6. The fourth-order valence-electron chi connectivity index (χ4n) is 2.49. The van der Waals surface area contributed by atoms with Gasteiger partial charge < -0.3 is 14.5 Å². The molecule has 1 aliphatic heterocycles. The molecule has 0 aromatic carbocycles. The molecule has 1 amide bonds. The quantitative estimate of drug-likeness (QED) is 0.775. The average Bonchev–Trinajstić information content (AvgIpc) is 2.93. The first-order chi connectivity index (χ1) is 10.9. The highest BCUT2D eigenvalue weighted by molar-refractivity contribution is 7.91. The third-order valence-corrected chi connectivity index (χ3v) is 6.29. The Bertz CT molecular complexity index is 602. The van der Waals surface area contributed by atoms with Crippen LogP contribution < -0.4 is 4.72 Å². The molecule has 1 aromatic rings. The van der Waals surface area contributed by atoms with Crippen molar-refractivity contribution in [3.63, 3.8) is 0 Å². The third kappa shape index (κ3) is 5.54. The minimum Gasteiger partial charge on any atom is -0.379 e. The number of hydrogen-bond donors (Lipinski definition) is 1. The summed E-state index contributed by atoms with van der Waals surface area (Å²) in [5.74, 6) is 0.00439. The number of sulfonamides is 1. The van der Waals surface area contributed by atoms with E-state index in [-0.39, 0.29) is 22.6 Å². The standard InChI is InChI=1S/C14H23N3O4S2/c1-16(2)9-12-10-17(5-6-21-11-12)13(18)8-15-23(19,20)14-4-3-7-22-14/h3-4,7,12,15H,5-6,8-11H2,1-2H3. The molecule has 1 saturated heterocycles. The molecule has 1 fully saturated rings.